The minimum Gasteiger partial charge on any atom is -0.307 e. The van der Waals surface area contributed by atoms with Crippen molar-refractivity contribution in [1.82, 2.24) is 4.67 Å². The molecule has 1 heterocycles. The summed E-state index contributed by atoms with van der Waals surface area (Å²) >= 11 is 0. The second-order valence-corrected chi connectivity index (χ2v) is 22.5. The highest BCUT2D eigenvalue weighted by Crippen LogP contribution is 2.74. The van der Waals surface area contributed by atoms with Crippen molar-refractivity contribution in [2.75, 3.05) is 0 Å². The molecule has 2 unspecified atom stereocenters. The molecule has 1 aliphatic rings. The molecule has 0 aromatic heterocycles. The van der Waals surface area contributed by atoms with Crippen LogP contribution < -0.4 is 0 Å². The van der Waals surface area contributed by atoms with Gasteiger partial charge in [0.25, 0.3) is 7.52 Å². The molecule has 0 saturated carbocycles. The summed E-state index contributed by atoms with van der Waals surface area (Å²) in [5.41, 5.74) is 3.44. The molecule has 0 bridgehead atoms. The van der Waals surface area contributed by atoms with Crippen LogP contribution in [0.25, 0.3) is 0 Å². The Morgan fingerprint density at radius 3 is 1.42 bits per heavy atom. The highest BCUT2D eigenvalue weighted by molar-refractivity contribution is 7.60. The zero-order valence-corrected chi connectivity index (χ0v) is 29.0. The Balaban J connectivity index is 1.93. The number of hydrogen-bond donors (Lipinski definition) is 0. The Kier molecular flexibility index (Phi) is 8.82. The molecule has 3 nitrogen and oxygen atoms in total. The summed E-state index contributed by atoms with van der Waals surface area (Å²) < 4.78 is 26.3. The molecule has 0 radical (unpaired) electrons. The van der Waals surface area contributed by atoms with Crippen LogP contribution in [0.5, 0.6) is 0 Å². The molecule has 1 aliphatic heterocycles. The van der Waals surface area contributed by atoms with Crippen molar-refractivity contribution in [2.45, 2.75) is 77.2 Å². The van der Waals surface area contributed by atoms with Crippen molar-refractivity contribution >= 4 is 15.6 Å². The van der Waals surface area contributed by atoms with E-state index in [9.17, 15) is 0 Å². The highest BCUT2D eigenvalue weighted by Gasteiger charge is 2.65. The first-order valence-electron chi connectivity index (χ1n) is 15.6. The van der Waals surface area contributed by atoms with E-state index in [-0.39, 0.29) is 28.8 Å². The van der Waals surface area contributed by atoms with E-state index in [0.717, 1.165) is 22.3 Å². The number of rotatable bonds is 8. The minimum absolute atomic E-state index is 0.0552. The summed E-state index contributed by atoms with van der Waals surface area (Å²) in [6.07, 6.45) is -0.339. The second kappa shape index (κ2) is 12.0. The van der Waals surface area contributed by atoms with Crippen molar-refractivity contribution in [2.24, 2.45) is 11.3 Å². The molecular formula is C38H48NO2PSi. The van der Waals surface area contributed by atoms with Gasteiger partial charge in [-0.05, 0) is 40.5 Å². The van der Waals surface area contributed by atoms with Crippen LogP contribution in [0.3, 0.4) is 0 Å². The highest BCUT2D eigenvalue weighted by atomic mass is 31.2. The first-order valence-corrected chi connectivity index (χ1v) is 20.8. The molecule has 5 heteroatoms. The van der Waals surface area contributed by atoms with Crippen LogP contribution in [-0.2, 0) is 14.6 Å². The van der Waals surface area contributed by atoms with Gasteiger partial charge in [0.1, 0.15) is 11.6 Å². The number of benzene rings is 4. The van der Waals surface area contributed by atoms with E-state index >= 15 is 4.57 Å². The quantitative estimate of drug-likeness (QED) is 0.113. The first kappa shape index (κ1) is 31.7. The predicted octanol–water partition coefficient (Wildman–Crippen LogP) is 10.6. The molecule has 226 valence electrons. The zero-order valence-electron chi connectivity index (χ0n) is 27.1. The van der Waals surface area contributed by atoms with Gasteiger partial charge in [-0.1, -0.05) is 169 Å². The molecule has 5 atom stereocenters. The lowest BCUT2D eigenvalue weighted by Gasteiger charge is -2.52. The van der Waals surface area contributed by atoms with Gasteiger partial charge < -0.3 is 4.52 Å². The van der Waals surface area contributed by atoms with Crippen molar-refractivity contribution in [3.8, 4) is 0 Å². The largest absolute Gasteiger partial charge is 0.307 e. The Morgan fingerprint density at radius 2 is 1.07 bits per heavy atom. The Bertz CT molecular complexity index is 1430. The molecule has 4 aromatic carbocycles. The van der Waals surface area contributed by atoms with Crippen LogP contribution in [0.4, 0.5) is 0 Å². The van der Waals surface area contributed by atoms with Gasteiger partial charge in [0.2, 0.25) is 0 Å². The van der Waals surface area contributed by atoms with Crippen molar-refractivity contribution in [3.63, 3.8) is 0 Å². The molecule has 0 N–H and O–H groups in total. The fourth-order valence-corrected chi connectivity index (χ4v) is 17.3. The van der Waals surface area contributed by atoms with Crippen LogP contribution >= 0.6 is 7.52 Å². The average molecular weight is 610 g/mol. The van der Waals surface area contributed by atoms with Gasteiger partial charge in [0.15, 0.2) is 0 Å². The number of nitrogens with zero attached hydrogens (tertiary/aromatic N) is 1. The Labute approximate surface area is 260 Å². The maximum absolute atomic E-state index is 16.7. The van der Waals surface area contributed by atoms with Gasteiger partial charge in [-0.2, -0.15) is 0 Å². The van der Waals surface area contributed by atoms with Gasteiger partial charge >= 0.3 is 0 Å². The van der Waals surface area contributed by atoms with Gasteiger partial charge in [-0.15, -0.1) is 0 Å². The van der Waals surface area contributed by atoms with E-state index in [0.29, 0.717) is 0 Å². The van der Waals surface area contributed by atoms with Crippen molar-refractivity contribution < 1.29 is 9.09 Å². The fraction of sp³-hybridized carbons (Fsp3) is 0.368. The third-order valence-electron chi connectivity index (χ3n) is 9.51. The maximum atomic E-state index is 16.7. The molecule has 0 amide bonds. The predicted molar refractivity (Wildman–Crippen MR) is 184 cm³/mol. The molecule has 43 heavy (non-hydrogen) atoms. The van der Waals surface area contributed by atoms with E-state index in [1.807, 2.05) is 6.07 Å². The monoisotopic (exact) mass is 609 g/mol. The third kappa shape index (κ3) is 5.64. The Hall–Kier alpha value is -2.75. The van der Waals surface area contributed by atoms with Crippen molar-refractivity contribution in [1.29, 1.82) is 0 Å². The zero-order chi connectivity index (χ0) is 31.0. The summed E-state index contributed by atoms with van der Waals surface area (Å²) in [5.74, 6) is 0.161. The maximum Gasteiger partial charge on any atom is 0.275 e. The standard InChI is InChI=1S/C38H48NO2PSi/c1-29(37(3,4)5)36(43(6,7)8)42(40)39(30(2)35(41-42)31-21-13-9-14-22-31)38(32-23-15-10-16-24-32,33-25-17-11-18-26-33)34-27-19-12-20-28-34/h9-30,35-36H,1-8H3/t29-,30-,35-,36?,42?/m0/s1. The van der Waals surface area contributed by atoms with Crippen molar-refractivity contribution in [3.05, 3.63) is 144 Å². The van der Waals surface area contributed by atoms with Gasteiger partial charge in [0, 0.05) is 11.3 Å². The van der Waals surface area contributed by atoms with Crippen LogP contribution in [0.1, 0.15) is 63.0 Å². The summed E-state index contributed by atoms with van der Waals surface area (Å²) in [6, 6.07) is 42.2. The summed E-state index contributed by atoms with van der Waals surface area (Å²) in [7, 11) is -5.68. The molecule has 1 saturated heterocycles. The lowest BCUT2D eigenvalue weighted by atomic mass is 9.76. The Morgan fingerprint density at radius 1 is 0.698 bits per heavy atom. The van der Waals surface area contributed by atoms with Crippen LogP contribution in [0, 0.1) is 11.3 Å². The van der Waals surface area contributed by atoms with E-state index in [2.05, 4.69) is 174 Å². The minimum atomic E-state index is -3.56. The van der Waals surface area contributed by atoms with Gasteiger partial charge in [-0.25, -0.2) is 4.67 Å². The topological polar surface area (TPSA) is 29.5 Å². The lowest BCUT2D eigenvalue weighted by Crippen LogP contribution is -2.54. The first-order chi connectivity index (χ1) is 20.3. The molecular weight excluding hydrogens is 561 g/mol. The summed E-state index contributed by atoms with van der Waals surface area (Å²) in [6.45, 7) is 18.5. The SMILES string of the molecule is C[C@H]1[C@@H](c2ccccc2)OP(=O)(C([C@H](C)C(C)(C)C)[Si](C)(C)C)N1C(c1ccccc1)(c1ccccc1)c1ccccc1. The van der Waals surface area contributed by atoms with E-state index in [4.69, 9.17) is 4.52 Å². The second-order valence-electron chi connectivity index (χ2n) is 14.4. The molecule has 0 spiro atoms. The van der Waals surface area contributed by atoms with Crippen LogP contribution in [0.15, 0.2) is 121 Å². The molecule has 4 aromatic rings. The smallest absolute Gasteiger partial charge is 0.275 e. The summed E-state index contributed by atoms with van der Waals surface area (Å²) in [4.78, 5) is 0. The normalized spacial score (nSPS) is 23.2. The average Bonchev–Trinajstić information content (AvgIpc) is 3.25. The summed E-state index contributed by atoms with van der Waals surface area (Å²) in [5, 5.41) is -0.105. The molecule has 0 aliphatic carbocycles. The van der Waals surface area contributed by atoms with Crippen LogP contribution in [-0.4, -0.2) is 24.1 Å². The van der Waals surface area contributed by atoms with Gasteiger partial charge in [0.05, 0.1) is 8.07 Å². The fourth-order valence-electron chi connectivity index (χ4n) is 7.31. The number of hydrogen-bond acceptors (Lipinski definition) is 2. The molecule has 1 fully saturated rings. The van der Waals surface area contributed by atoms with E-state index in [1.54, 1.807) is 0 Å². The van der Waals surface area contributed by atoms with E-state index in [1.165, 1.54) is 0 Å². The third-order valence-corrected chi connectivity index (χ3v) is 18.0. The van der Waals surface area contributed by atoms with Crippen LogP contribution in [0.2, 0.25) is 19.6 Å². The lowest BCUT2D eigenvalue weighted by molar-refractivity contribution is 0.177. The van der Waals surface area contributed by atoms with Gasteiger partial charge in [-0.3, -0.25) is 4.57 Å². The van der Waals surface area contributed by atoms with E-state index < -0.39 is 21.1 Å². The molecule has 5 rings (SSSR count).